The molecule has 0 spiro atoms. The minimum absolute atomic E-state index is 0.940. The summed E-state index contributed by atoms with van der Waals surface area (Å²) < 4.78 is 2.31. The van der Waals surface area contributed by atoms with Crippen LogP contribution in [0.4, 0.5) is 0 Å². The standard InChI is InChI=1S/C14H21N3/c1-4-16(5-2)11-14-15-12-9-7-8-10-13(12)17(14)6-3/h7-10H,4-6,11H2,1-3H3. The number of benzene rings is 1. The molecule has 0 saturated carbocycles. The van der Waals surface area contributed by atoms with E-state index in [1.807, 2.05) is 0 Å². The summed E-state index contributed by atoms with van der Waals surface area (Å²) >= 11 is 0. The Morgan fingerprint density at radius 3 is 2.47 bits per heavy atom. The zero-order chi connectivity index (χ0) is 12.3. The maximum absolute atomic E-state index is 4.74. The molecule has 0 aliphatic carbocycles. The van der Waals surface area contributed by atoms with Gasteiger partial charge in [0.1, 0.15) is 5.82 Å². The molecule has 0 saturated heterocycles. The molecule has 1 aromatic carbocycles. The van der Waals surface area contributed by atoms with E-state index in [-0.39, 0.29) is 0 Å². The van der Waals surface area contributed by atoms with Gasteiger partial charge in [-0.05, 0) is 32.1 Å². The van der Waals surface area contributed by atoms with Crippen LogP contribution in [-0.4, -0.2) is 27.5 Å². The van der Waals surface area contributed by atoms with Gasteiger partial charge in [0.05, 0.1) is 17.6 Å². The van der Waals surface area contributed by atoms with Crippen LogP contribution in [0.5, 0.6) is 0 Å². The average molecular weight is 231 g/mol. The van der Waals surface area contributed by atoms with E-state index in [0.29, 0.717) is 0 Å². The normalized spacial score (nSPS) is 11.5. The van der Waals surface area contributed by atoms with Gasteiger partial charge in [-0.1, -0.05) is 26.0 Å². The Morgan fingerprint density at radius 2 is 1.82 bits per heavy atom. The van der Waals surface area contributed by atoms with E-state index in [0.717, 1.165) is 31.7 Å². The van der Waals surface area contributed by atoms with Crippen LogP contribution in [0.15, 0.2) is 24.3 Å². The van der Waals surface area contributed by atoms with Gasteiger partial charge in [0, 0.05) is 6.54 Å². The van der Waals surface area contributed by atoms with E-state index < -0.39 is 0 Å². The maximum Gasteiger partial charge on any atom is 0.124 e. The summed E-state index contributed by atoms with van der Waals surface area (Å²) in [5.74, 6) is 1.18. The lowest BCUT2D eigenvalue weighted by Crippen LogP contribution is -2.24. The molecule has 0 fully saturated rings. The van der Waals surface area contributed by atoms with Gasteiger partial charge in [0.15, 0.2) is 0 Å². The van der Waals surface area contributed by atoms with Crippen molar-refractivity contribution in [2.75, 3.05) is 13.1 Å². The van der Waals surface area contributed by atoms with Gasteiger partial charge in [-0.25, -0.2) is 4.98 Å². The van der Waals surface area contributed by atoms with Crippen LogP contribution in [-0.2, 0) is 13.1 Å². The Balaban J connectivity index is 2.39. The van der Waals surface area contributed by atoms with Crippen LogP contribution in [0.2, 0.25) is 0 Å². The van der Waals surface area contributed by atoms with Crippen molar-refractivity contribution < 1.29 is 0 Å². The Bertz CT molecular complexity index is 483. The fourth-order valence-electron chi connectivity index (χ4n) is 2.25. The number of aromatic nitrogens is 2. The van der Waals surface area contributed by atoms with Crippen LogP contribution < -0.4 is 0 Å². The van der Waals surface area contributed by atoms with Crippen molar-refractivity contribution in [2.45, 2.75) is 33.9 Å². The Labute approximate surface area is 103 Å². The van der Waals surface area contributed by atoms with Crippen LogP contribution in [0.3, 0.4) is 0 Å². The second kappa shape index (κ2) is 5.32. The van der Waals surface area contributed by atoms with Crippen LogP contribution in [0.1, 0.15) is 26.6 Å². The van der Waals surface area contributed by atoms with E-state index in [1.165, 1.54) is 11.3 Å². The molecule has 0 amide bonds. The zero-order valence-electron chi connectivity index (χ0n) is 11.0. The highest BCUT2D eigenvalue weighted by molar-refractivity contribution is 5.75. The summed E-state index contributed by atoms with van der Waals surface area (Å²) in [6.45, 7) is 10.6. The van der Waals surface area contributed by atoms with Crippen LogP contribution in [0.25, 0.3) is 11.0 Å². The SMILES string of the molecule is CCN(CC)Cc1nc2ccccc2n1CC. The molecule has 2 rings (SSSR count). The maximum atomic E-state index is 4.74. The number of para-hydroxylation sites is 2. The minimum Gasteiger partial charge on any atom is -0.327 e. The molecule has 0 aliphatic heterocycles. The monoisotopic (exact) mass is 231 g/mol. The van der Waals surface area contributed by atoms with E-state index >= 15 is 0 Å². The van der Waals surface area contributed by atoms with Gasteiger partial charge in [0.25, 0.3) is 0 Å². The van der Waals surface area contributed by atoms with Crippen molar-refractivity contribution >= 4 is 11.0 Å². The Kier molecular flexibility index (Phi) is 3.79. The molecule has 0 atom stereocenters. The predicted molar refractivity (Wildman–Crippen MR) is 72.0 cm³/mol. The summed E-state index contributed by atoms with van der Waals surface area (Å²) in [7, 11) is 0. The lowest BCUT2D eigenvalue weighted by Gasteiger charge is -2.18. The molecule has 0 aliphatic rings. The third kappa shape index (κ3) is 2.34. The Morgan fingerprint density at radius 1 is 1.12 bits per heavy atom. The fraction of sp³-hybridized carbons (Fsp3) is 0.500. The van der Waals surface area contributed by atoms with Gasteiger partial charge in [-0.2, -0.15) is 0 Å². The van der Waals surface area contributed by atoms with E-state index in [9.17, 15) is 0 Å². The van der Waals surface area contributed by atoms with Crippen molar-refractivity contribution in [1.82, 2.24) is 14.5 Å². The number of hydrogen-bond donors (Lipinski definition) is 0. The van der Waals surface area contributed by atoms with Crippen molar-refractivity contribution in [3.63, 3.8) is 0 Å². The summed E-state index contributed by atoms with van der Waals surface area (Å²) in [5, 5.41) is 0. The molecule has 0 N–H and O–H groups in total. The Hall–Kier alpha value is -1.35. The molecule has 0 unspecified atom stereocenters. The van der Waals surface area contributed by atoms with Crippen molar-refractivity contribution in [2.24, 2.45) is 0 Å². The topological polar surface area (TPSA) is 21.1 Å². The number of nitrogens with zero attached hydrogens (tertiary/aromatic N) is 3. The van der Waals surface area contributed by atoms with E-state index in [4.69, 9.17) is 4.98 Å². The smallest absolute Gasteiger partial charge is 0.124 e. The lowest BCUT2D eigenvalue weighted by atomic mass is 10.3. The minimum atomic E-state index is 0.940. The number of hydrogen-bond acceptors (Lipinski definition) is 2. The molecule has 2 aromatic rings. The first-order valence-corrected chi connectivity index (χ1v) is 6.46. The highest BCUT2D eigenvalue weighted by atomic mass is 15.2. The highest BCUT2D eigenvalue weighted by Gasteiger charge is 2.11. The van der Waals surface area contributed by atoms with E-state index in [1.54, 1.807) is 0 Å². The van der Waals surface area contributed by atoms with Gasteiger partial charge in [-0.15, -0.1) is 0 Å². The van der Waals surface area contributed by atoms with Crippen molar-refractivity contribution in [3.8, 4) is 0 Å². The van der Waals surface area contributed by atoms with Crippen LogP contribution >= 0.6 is 0 Å². The summed E-state index contributed by atoms with van der Waals surface area (Å²) in [6.07, 6.45) is 0. The van der Waals surface area contributed by atoms with Crippen LogP contribution in [0, 0.1) is 0 Å². The molecule has 3 heteroatoms. The number of fused-ring (bicyclic) bond motifs is 1. The summed E-state index contributed by atoms with van der Waals surface area (Å²) in [6, 6.07) is 8.37. The molecular weight excluding hydrogens is 210 g/mol. The lowest BCUT2D eigenvalue weighted by molar-refractivity contribution is 0.284. The third-order valence-corrected chi connectivity index (χ3v) is 3.31. The number of imidazole rings is 1. The first-order chi connectivity index (χ1) is 8.30. The van der Waals surface area contributed by atoms with E-state index in [2.05, 4.69) is 54.5 Å². The molecule has 92 valence electrons. The predicted octanol–water partition coefficient (Wildman–Crippen LogP) is 2.90. The summed E-state index contributed by atoms with van der Waals surface area (Å²) in [5.41, 5.74) is 2.36. The first kappa shape index (κ1) is 12.1. The third-order valence-electron chi connectivity index (χ3n) is 3.31. The fourth-order valence-corrected chi connectivity index (χ4v) is 2.25. The van der Waals surface area contributed by atoms with Gasteiger partial charge >= 0.3 is 0 Å². The molecule has 0 radical (unpaired) electrons. The average Bonchev–Trinajstić information content (AvgIpc) is 2.72. The molecule has 3 nitrogen and oxygen atoms in total. The molecule has 17 heavy (non-hydrogen) atoms. The molecule has 0 bridgehead atoms. The molecule has 1 heterocycles. The second-order valence-corrected chi connectivity index (χ2v) is 4.22. The first-order valence-electron chi connectivity index (χ1n) is 6.46. The zero-order valence-corrected chi connectivity index (χ0v) is 11.0. The molecule has 1 aromatic heterocycles. The largest absolute Gasteiger partial charge is 0.327 e. The quantitative estimate of drug-likeness (QED) is 0.789. The number of aryl methyl sites for hydroxylation is 1. The van der Waals surface area contributed by atoms with Gasteiger partial charge in [0.2, 0.25) is 0 Å². The van der Waals surface area contributed by atoms with Gasteiger partial charge in [-0.3, -0.25) is 4.90 Å². The summed E-state index contributed by atoms with van der Waals surface area (Å²) in [4.78, 5) is 7.14. The number of rotatable bonds is 5. The van der Waals surface area contributed by atoms with Crippen molar-refractivity contribution in [3.05, 3.63) is 30.1 Å². The molecular formula is C14H21N3. The van der Waals surface area contributed by atoms with Crippen molar-refractivity contribution in [1.29, 1.82) is 0 Å². The van der Waals surface area contributed by atoms with Gasteiger partial charge < -0.3 is 4.57 Å². The second-order valence-electron chi connectivity index (χ2n) is 4.22. The highest BCUT2D eigenvalue weighted by Crippen LogP contribution is 2.16.